The minimum absolute atomic E-state index is 0.745. The van der Waals surface area contributed by atoms with Crippen molar-refractivity contribution in [2.24, 2.45) is 0 Å². The predicted molar refractivity (Wildman–Crippen MR) is 74.9 cm³/mol. The number of hydrogen-bond acceptors (Lipinski definition) is 3. The second-order valence-corrected chi connectivity index (χ2v) is 5.55. The first kappa shape index (κ1) is 12.8. The molecular weight excluding hydrogens is 230 g/mol. The lowest BCUT2D eigenvalue weighted by Crippen LogP contribution is -2.16. The van der Waals surface area contributed by atoms with Crippen molar-refractivity contribution in [1.29, 1.82) is 0 Å². The van der Waals surface area contributed by atoms with Crippen molar-refractivity contribution in [3.05, 3.63) is 29.3 Å². The molecule has 17 heavy (non-hydrogen) atoms. The van der Waals surface area contributed by atoms with Crippen molar-refractivity contribution in [3.8, 4) is 5.75 Å². The molecule has 0 heterocycles. The molecule has 1 fully saturated rings. The van der Waals surface area contributed by atoms with E-state index in [4.69, 9.17) is 4.74 Å². The molecule has 0 unspecified atom stereocenters. The number of ether oxygens (including phenoxy) is 1. The summed E-state index contributed by atoms with van der Waals surface area (Å²) in [6.45, 7) is 3.85. The van der Waals surface area contributed by atoms with E-state index in [1.165, 1.54) is 24.0 Å². The SMILES string of the molecule is CSCCOc1c(C)cccc1CNC1CC1. The number of para-hydroxylation sites is 1. The number of hydrogen-bond donors (Lipinski definition) is 1. The van der Waals surface area contributed by atoms with Gasteiger partial charge in [0.25, 0.3) is 0 Å². The standard InChI is InChI=1S/C14H21NOS/c1-11-4-3-5-12(10-15-13-6-7-13)14(11)16-8-9-17-2/h3-5,13,15H,6-10H2,1-2H3. The zero-order chi connectivity index (χ0) is 12.1. The Kier molecular flexibility index (Phi) is 4.75. The molecule has 1 aromatic rings. The van der Waals surface area contributed by atoms with Crippen molar-refractivity contribution >= 4 is 11.8 Å². The van der Waals surface area contributed by atoms with E-state index in [9.17, 15) is 0 Å². The van der Waals surface area contributed by atoms with Crippen LogP contribution in [-0.4, -0.2) is 24.7 Å². The van der Waals surface area contributed by atoms with Crippen molar-refractivity contribution < 1.29 is 4.74 Å². The zero-order valence-corrected chi connectivity index (χ0v) is 11.5. The molecule has 2 nitrogen and oxygen atoms in total. The first-order valence-corrected chi connectivity index (χ1v) is 7.64. The number of nitrogens with one attached hydrogen (secondary N) is 1. The lowest BCUT2D eigenvalue weighted by atomic mass is 10.1. The van der Waals surface area contributed by atoms with Gasteiger partial charge in [0.15, 0.2) is 0 Å². The molecule has 0 aromatic heterocycles. The summed E-state index contributed by atoms with van der Waals surface area (Å²) in [6, 6.07) is 7.14. The molecule has 0 bridgehead atoms. The van der Waals surface area contributed by atoms with Gasteiger partial charge in [0, 0.05) is 23.9 Å². The minimum atomic E-state index is 0.745. The summed E-state index contributed by atoms with van der Waals surface area (Å²) in [7, 11) is 0. The van der Waals surface area contributed by atoms with Crippen LogP contribution in [0.25, 0.3) is 0 Å². The quantitative estimate of drug-likeness (QED) is 0.753. The summed E-state index contributed by atoms with van der Waals surface area (Å²) in [5.41, 5.74) is 2.53. The van der Waals surface area contributed by atoms with Gasteiger partial charge >= 0.3 is 0 Å². The highest BCUT2D eigenvalue weighted by Crippen LogP contribution is 2.25. The minimum Gasteiger partial charge on any atom is -0.492 e. The highest BCUT2D eigenvalue weighted by molar-refractivity contribution is 7.98. The Bertz CT molecular complexity index is 363. The summed E-state index contributed by atoms with van der Waals surface area (Å²) in [5.74, 6) is 2.12. The number of thioether (sulfide) groups is 1. The van der Waals surface area contributed by atoms with Crippen LogP contribution in [-0.2, 0) is 6.54 Å². The van der Waals surface area contributed by atoms with Crippen LogP contribution in [0.5, 0.6) is 5.75 Å². The van der Waals surface area contributed by atoms with Crippen molar-refractivity contribution in [2.75, 3.05) is 18.6 Å². The number of benzene rings is 1. The van der Waals surface area contributed by atoms with Crippen molar-refractivity contribution in [3.63, 3.8) is 0 Å². The fourth-order valence-corrected chi connectivity index (χ4v) is 2.08. The van der Waals surface area contributed by atoms with Crippen LogP contribution >= 0.6 is 11.8 Å². The van der Waals surface area contributed by atoms with Gasteiger partial charge in [-0.05, 0) is 31.6 Å². The van der Waals surface area contributed by atoms with E-state index in [1.54, 1.807) is 0 Å². The fourth-order valence-electron chi connectivity index (χ4n) is 1.83. The third-order valence-corrected chi connectivity index (χ3v) is 3.56. The van der Waals surface area contributed by atoms with E-state index in [0.717, 1.165) is 30.7 Å². The van der Waals surface area contributed by atoms with Crippen LogP contribution in [0.1, 0.15) is 24.0 Å². The highest BCUT2D eigenvalue weighted by atomic mass is 32.2. The summed E-state index contributed by atoms with van der Waals surface area (Å²) in [5, 5.41) is 3.55. The maximum absolute atomic E-state index is 5.90. The van der Waals surface area contributed by atoms with Gasteiger partial charge in [-0.15, -0.1) is 0 Å². The molecule has 0 amide bonds. The molecule has 1 aliphatic rings. The van der Waals surface area contributed by atoms with E-state index in [1.807, 2.05) is 11.8 Å². The maximum Gasteiger partial charge on any atom is 0.126 e. The summed E-state index contributed by atoms with van der Waals surface area (Å²) in [4.78, 5) is 0. The van der Waals surface area contributed by atoms with E-state index < -0.39 is 0 Å². The second-order valence-electron chi connectivity index (χ2n) is 4.56. The topological polar surface area (TPSA) is 21.3 Å². The summed E-state index contributed by atoms with van der Waals surface area (Å²) < 4.78 is 5.90. The molecule has 0 saturated heterocycles. The average molecular weight is 251 g/mol. The largest absolute Gasteiger partial charge is 0.492 e. The van der Waals surface area contributed by atoms with Crippen LogP contribution in [0.15, 0.2) is 18.2 Å². The molecule has 1 N–H and O–H groups in total. The monoisotopic (exact) mass is 251 g/mol. The van der Waals surface area contributed by atoms with Gasteiger partial charge in [-0.1, -0.05) is 18.2 Å². The molecule has 1 aliphatic carbocycles. The van der Waals surface area contributed by atoms with Gasteiger partial charge in [-0.2, -0.15) is 11.8 Å². The summed E-state index contributed by atoms with van der Waals surface area (Å²) >= 11 is 1.82. The van der Waals surface area contributed by atoms with Crippen LogP contribution in [0.2, 0.25) is 0 Å². The second kappa shape index (κ2) is 6.31. The van der Waals surface area contributed by atoms with Crippen molar-refractivity contribution in [2.45, 2.75) is 32.4 Å². The third-order valence-electron chi connectivity index (χ3n) is 2.99. The lowest BCUT2D eigenvalue weighted by Gasteiger charge is -2.14. The van der Waals surface area contributed by atoms with Crippen LogP contribution in [0.4, 0.5) is 0 Å². The summed E-state index contributed by atoms with van der Waals surface area (Å²) in [6.07, 6.45) is 4.76. The van der Waals surface area contributed by atoms with Gasteiger partial charge < -0.3 is 10.1 Å². The van der Waals surface area contributed by atoms with Gasteiger partial charge in [0.2, 0.25) is 0 Å². The van der Waals surface area contributed by atoms with Gasteiger partial charge in [-0.3, -0.25) is 0 Å². The Morgan fingerprint density at radius 1 is 1.41 bits per heavy atom. The highest BCUT2D eigenvalue weighted by Gasteiger charge is 2.20. The smallest absolute Gasteiger partial charge is 0.126 e. The molecule has 94 valence electrons. The molecule has 3 heteroatoms. The molecule has 0 spiro atoms. The van der Waals surface area contributed by atoms with E-state index in [-0.39, 0.29) is 0 Å². The Labute approximate surface area is 108 Å². The lowest BCUT2D eigenvalue weighted by molar-refractivity contribution is 0.336. The molecular formula is C14H21NOS. The van der Waals surface area contributed by atoms with E-state index >= 15 is 0 Å². The van der Waals surface area contributed by atoms with E-state index in [0.29, 0.717) is 0 Å². The van der Waals surface area contributed by atoms with E-state index in [2.05, 4.69) is 36.7 Å². The third kappa shape index (κ3) is 3.93. The first-order chi connectivity index (χ1) is 8.31. The predicted octanol–water partition coefficient (Wildman–Crippen LogP) is 2.99. The van der Waals surface area contributed by atoms with Crippen molar-refractivity contribution in [1.82, 2.24) is 5.32 Å². The van der Waals surface area contributed by atoms with Crippen LogP contribution in [0.3, 0.4) is 0 Å². The Balaban J connectivity index is 1.98. The molecule has 0 atom stereocenters. The average Bonchev–Trinajstić information content (AvgIpc) is 3.13. The normalized spacial score (nSPS) is 14.9. The van der Waals surface area contributed by atoms with Gasteiger partial charge in [0.1, 0.15) is 5.75 Å². The Morgan fingerprint density at radius 2 is 2.24 bits per heavy atom. The number of aryl methyl sites for hydroxylation is 1. The molecule has 0 radical (unpaired) electrons. The van der Waals surface area contributed by atoms with Crippen LogP contribution < -0.4 is 10.1 Å². The van der Waals surface area contributed by atoms with Crippen LogP contribution in [0, 0.1) is 6.92 Å². The van der Waals surface area contributed by atoms with Gasteiger partial charge in [-0.25, -0.2) is 0 Å². The van der Waals surface area contributed by atoms with Gasteiger partial charge in [0.05, 0.1) is 6.61 Å². The zero-order valence-electron chi connectivity index (χ0n) is 10.7. The Morgan fingerprint density at radius 3 is 2.94 bits per heavy atom. The molecule has 1 aromatic carbocycles. The first-order valence-electron chi connectivity index (χ1n) is 6.25. The molecule has 0 aliphatic heterocycles. The fraction of sp³-hybridized carbons (Fsp3) is 0.571. The Hall–Kier alpha value is -0.670. The molecule has 1 saturated carbocycles. The molecule has 2 rings (SSSR count). The maximum atomic E-state index is 5.90. The number of rotatable bonds is 7.